The van der Waals surface area contributed by atoms with Gasteiger partial charge >= 0.3 is 0 Å². The smallest absolute Gasteiger partial charge is 0.241 e. The molecule has 1 atom stereocenters. The Bertz CT molecular complexity index is 586. The van der Waals surface area contributed by atoms with Crippen LogP contribution in [0.5, 0.6) is 0 Å². The van der Waals surface area contributed by atoms with Crippen LogP contribution in [0.15, 0.2) is 17.3 Å². The van der Waals surface area contributed by atoms with Gasteiger partial charge < -0.3 is 9.64 Å². The van der Waals surface area contributed by atoms with Gasteiger partial charge in [-0.2, -0.15) is 0 Å². The lowest BCUT2D eigenvalue weighted by atomic mass is 10.1. The number of anilines is 1. The average Bonchev–Trinajstić information content (AvgIpc) is 3.29. The minimum absolute atomic E-state index is 0.0650. The van der Waals surface area contributed by atoms with Crippen LogP contribution >= 0.6 is 0 Å². The fraction of sp³-hybridized carbons (Fsp3) is 0.692. The van der Waals surface area contributed by atoms with Gasteiger partial charge in [0.1, 0.15) is 4.90 Å². The Kier molecular flexibility index (Phi) is 4.10. The number of aromatic nitrogens is 2. The van der Waals surface area contributed by atoms with Crippen molar-refractivity contribution in [1.29, 1.82) is 0 Å². The highest BCUT2D eigenvalue weighted by Gasteiger charge is 2.26. The summed E-state index contributed by atoms with van der Waals surface area (Å²) in [5.41, 5.74) is 0. The van der Waals surface area contributed by atoms with Gasteiger partial charge in [-0.15, -0.1) is 0 Å². The molecule has 2 aliphatic rings. The van der Waals surface area contributed by atoms with Crippen molar-refractivity contribution >= 4 is 16.0 Å². The molecule has 2 heterocycles. The molecule has 0 radical (unpaired) electrons. The van der Waals surface area contributed by atoms with Gasteiger partial charge in [0.15, 0.2) is 0 Å². The Morgan fingerprint density at radius 1 is 1.29 bits per heavy atom. The molecule has 8 heteroatoms. The van der Waals surface area contributed by atoms with Crippen LogP contribution in [0.25, 0.3) is 0 Å². The predicted octanol–water partition coefficient (Wildman–Crippen LogP) is 0.519. The Balaban J connectivity index is 1.62. The van der Waals surface area contributed by atoms with Crippen LogP contribution in [0.2, 0.25) is 0 Å². The van der Waals surface area contributed by atoms with Crippen LogP contribution in [-0.4, -0.2) is 44.2 Å². The zero-order valence-corrected chi connectivity index (χ0v) is 12.6. The third-order valence-electron chi connectivity index (χ3n) is 3.87. The van der Waals surface area contributed by atoms with Crippen molar-refractivity contribution in [2.45, 2.75) is 36.7 Å². The lowest BCUT2D eigenvalue weighted by molar-refractivity contribution is 0.0366. The average molecular weight is 312 g/mol. The van der Waals surface area contributed by atoms with E-state index in [4.69, 9.17) is 9.88 Å². The summed E-state index contributed by atoms with van der Waals surface area (Å²) in [6.45, 7) is 2.46. The fourth-order valence-electron chi connectivity index (χ4n) is 2.43. The molecule has 2 N–H and O–H groups in total. The zero-order chi connectivity index (χ0) is 14.9. The maximum absolute atomic E-state index is 11.2. The van der Waals surface area contributed by atoms with E-state index in [9.17, 15) is 8.42 Å². The van der Waals surface area contributed by atoms with Crippen molar-refractivity contribution in [1.82, 2.24) is 9.97 Å². The fourth-order valence-corrected chi connectivity index (χ4v) is 2.83. The van der Waals surface area contributed by atoms with Crippen LogP contribution in [0, 0.1) is 5.92 Å². The van der Waals surface area contributed by atoms with Crippen LogP contribution in [0.4, 0.5) is 5.95 Å². The van der Waals surface area contributed by atoms with Crippen molar-refractivity contribution in [3.05, 3.63) is 12.4 Å². The molecule has 1 unspecified atom stereocenters. The highest BCUT2D eigenvalue weighted by molar-refractivity contribution is 7.89. The number of sulfonamides is 1. The standard InChI is InChI=1S/C13H20N4O3S/c14-21(18,19)12-6-15-13(16-7-12)17-5-1-2-11(8-17)20-9-10-3-4-10/h6-7,10-11H,1-5,8-9H2,(H2,14,18,19). The zero-order valence-electron chi connectivity index (χ0n) is 11.8. The maximum Gasteiger partial charge on any atom is 0.241 e. The first-order valence-electron chi connectivity index (χ1n) is 7.24. The van der Waals surface area contributed by atoms with E-state index in [2.05, 4.69) is 9.97 Å². The first-order chi connectivity index (χ1) is 10.0. The Hall–Kier alpha value is -1.25. The first kappa shape index (κ1) is 14.7. The molecule has 1 aliphatic carbocycles. The predicted molar refractivity (Wildman–Crippen MR) is 77.3 cm³/mol. The van der Waals surface area contributed by atoms with E-state index in [1.165, 1.54) is 25.2 Å². The van der Waals surface area contributed by atoms with E-state index < -0.39 is 10.0 Å². The summed E-state index contributed by atoms with van der Waals surface area (Å²) in [5, 5.41) is 5.04. The molecule has 0 spiro atoms. The van der Waals surface area contributed by atoms with Gasteiger partial charge in [0.05, 0.1) is 18.5 Å². The number of hydrogen-bond donors (Lipinski definition) is 1. The molecule has 1 aromatic heterocycles. The molecule has 0 aromatic carbocycles. The van der Waals surface area contributed by atoms with Crippen molar-refractivity contribution < 1.29 is 13.2 Å². The molecule has 1 saturated carbocycles. The molecule has 1 saturated heterocycles. The van der Waals surface area contributed by atoms with Crippen LogP contribution < -0.4 is 10.0 Å². The van der Waals surface area contributed by atoms with E-state index in [1.807, 2.05) is 4.90 Å². The van der Waals surface area contributed by atoms with Crippen LogP contribution in [0.3, 0.4) is 0 Å². The second kappa shape index (κ2) is 5.86. The SMILES string of the molecule is NS(=O)(=O)c1cnc(N2CCCC(OCC3CC3)C2)nc1. The number of piperidine rings is 1. The van der Waals surface area contributed by atoms with Crippen molar-refractivity contribution in [3.63, 3.8) is 0 Å². The Morgan fingerprint density at radius 3 is 2.62 bits per heavy atom. The van der Waals surface area contributed by atoms with Gasteiger partial charge in [0.25, 0.3) is 0 Å². The second-order valence-corrected chi connectivity index (χ2v) is 7.31. The van der Waals surface area contributed by atoms with Gasteiger partial charge in [-0.3, -0.25) is 0 Å². The summed E-state index contributed by atoms with van der Waals surface area (Å²) < 4.78 is 28.3. The van der Waals surface area contributed by atoms with E-state index >= 15 is 0 Å². The number of nitrogens with two attached hydrogens (primary N) is 1. The van der Waals surface area contributed by atoms with Crippen LogP contribution in [0.1, 0.15) is 25.7 Å². The molecule has 3 rings (SSSR count). The topological polar surface area (TPSA) is 98.4 Å². The lowest BCUT2D eigenvalue weighted by Gasteiger charge is -2.32. The molecule has 116 valence electrons. The maximum atomic E-state index is 11.2. The molecular weight excluding hydrogens is 292 g/mol. The molecule has 21 heavy (non-hydrogen) atoms. The number of primary sulfonamides is 1. The third kappa shape index (κ3) is 3.90. The van der Waals surface area contributed by atoms with Gasteiger partial charge in [0.2, 0.25) is 16.0 Å². The molecular formula is C13H20N4O3S. The number of ether oxygens (including phenoxy) is 1. The summed E-state index contributed by atoms with van der Waals surface area (Å²) in [6, 6.07) is 0. The normalized spacial score (nSPS) is 23.3. The summed E-state index contributed by atoms with van der Waals surface area (Å²) in [6.07, 6.45) is 7.37. The Morgan fingerprint density at radius 2 is 2.00 bits per heavy atom. The second-order valence-electron chi connectivity index (χ2n) is 5.75. The monoisotopic (exact) mass is 312 g/mol. The lowest BCUT2D eigenvalue weighted by Crippen LogP contribution is -2.40. The first-order valence-corrected chi connectivity index (χ1v) is 8.78. The number of hydrogen-bond acceptors (Lipinski definition) is 6. The van der Waals surface area contributed by atoms with Gasteiger partial charge in [-0.05, 0) is 31.6 Å². The van der Waals surface area contributed by atoms with Crippen LogP contribution in [-0.2, 0) is 14.8 Å². The highest BCUT2D eigenvalue weighted by Crippen LogP contribution is 2.30. The molecule has 0 bridgehead atoms. The van der Waals surface area contributed by atoms with E-state index in [0.29, 0.717) is 5.95 Å². The van der Waals surface area contributed by atoms with Gasteiger partial charge in [-0.25, -0.2) is 23.5 Å². The van der Waals surface area contributed by atoms with E-state index in [-0.39, 0.29) is 11.0 Å². The van der Waals surface area contributed by atoms with Gasteiger partial charge in [0, 0.05) is 19.7 Å². The van der Waals surface area contributed by atoms with E-state index in [1.54, 1.807) is 0 Å². The highest BCUT2D eigenvalue weighted by atomic mass is 32.2. The van der Waals surface area contributed by atoms with Crippen molar-refractivity contribution in [2.24, 2.45) is 11.1 Å². The summed E-state index contributed by atoms with van der Waals surface area (Å²) >= 11 is 0. The van der Waals surface area contributed by atoms with Gasteiger partial charge in [-0.1, -0.05) is 0 Å². The third-order valence-corrected chi connectivity index (χ3v) is 4.74. The summed E-state index contributed by atoms with van der Waals surface area (Å²) in [7, 11) is -3.74. The molecule has 2 fully saturated rings. The minimum atomic E-state index is -3.74. The minimum Gasteiger partial charge on any atom is -0.376 e. The van der Waals surface area contributed by atoms with Crippen molar-refractivity contribution in [2.75, 3.05) is 24.6 Å². The molecule has 1 aromatic rings. The molecule has 1 aliphatic heterocycles. The quantitative estimate of drug-likeness (QED) is 0.851. The molecule has 0 amide bonds. The Labute approximate surface area is 124 Å². The number of nitrogens with zero attached hydrogens (tertiary/aromatic N) is 3. The van der Waals surface area contributed by atoms with E-state index in [0.717, 1.165) is 38.5 Å². The summed E-state index contributed by atoms with van der Waals surface area (Å²) in [4.78, 5) is 10.2. The number of rotatable bonds is 5. The summed E-state index contributed by atoms with van der Waals surface area (Å²) in [5.74, 6) is 1.28. The largest absolute Gasteiger partial charge is 0.376 e. The van der Waals surface area contributed by atoms with Crippen molar-refractivity contribution in [3.8, 4) is 0 Å². The molecule has 7 nitrogen and oxygen atoms in total.